The van der Waals surface area contributed by atoms with Crippen LogP contribution in [0.25, 0.3) is 11.3 Å². The number of hydrogen-bond acceptors (Lipinski definition) is 6. The smallest absolute Gasteiger partial charge is 0.264 e. The number of aromatic nitrogens is 4. The summed E-state index contributed by atoms with van der Waals surface area (Å²) in [7, 11) is 0. The lowest BCUT2D eigenvalue weighted by atomic mass is 10.0. The van der Waals surface area contributed by atoms with Crippen LogP contribution < -0.4 is 5.56 Å². The number of carbonyl (C=O) groups excluding carboxylic acids is 1. The summed E-state index contributed by atoms with van der Waals surface area (Å²) in [6.07, 6.45) is 4.58. The second-order valence-electron chi connectivity index (χ2n) is 6.97. The predicted octanol–water partition coefficient (Wildman–Crippen LogP) is 1.04. The minimum atomic E-state index is -0.699. The fraction of sp³-hybridized carbons (Fsp3) is 0.250. The molecule has 0 radical (unpaired) electrons. The number of hydrogen-bond donors (Lipinski definition) is 2. The lowest BCUT2D eigenvalue weighted by Crippen LogP contribution is -2.29. The van der Waals surface area contributed by atoms with Crippen LogP contribution in [0.15, 0.2) is 53.7 Å². The van der Waals surface area contributed by atoms with Crippen molar-refractivity contribution in [2.75, 3.05) is 13.1 Å². The third kappa shape index (κ3) is 4.19. The maximum absolute atomic E-state index is 14.1. The average Bonchev–Trinajstić information content (AvgIpc) is 3.08. The van der Waals surface area contributed by atoms with Gasteiger partial charge in [-0.25, -0.2) is 9.49 Å². The summed E-state index contributed by atoms with van der Waals surface area (Å²) in [6, 6.07) is 6.66. The second kappa shape index (κ2) is 7.88. The van der Waals surface area contributed by atoms with Gasteiger partial charge in [-0.1, -0.05) is 0 Å². The van der Waals surface area contributed by atoms with Gasteiger partial charge in [0, 0.05) is 54.8 Å². The van der Waals surface area contributed by atoms with E-state index in [0.717, 1.165) is 11.8 Å². The van der Waals surface area contributed by atoms with E-state index in [1.54, 1.807) is 18.6 Å². The zero-order valence-corrected chi connectivity index (χ0v) is 15.3. The van der Waals surface area contributed by atoms with E-state index in [9.17, 15) is 19.1 Å². The number of halogens is 1. The first-order valence-electron chi connectivity index (χ1n) is 9.08. The molecule has 3 aromatic rings. The SMILES string of the molecule is O=C(c1cc(F)cc(-c2ccc(=O)[nH]n2)c1)N1C[C@@H](Cc2cnccn2)[C@H](O)C1. The lowest BCUT2D eigenvalue weighted by Gasteiger charge is -2.17. The number of carbonyl (C=O) groups is 1. The molecular weight excluding hydrogens is 377 g/mol. The molecule has 2 N–H and O–H groups in total. The Morgan fingerprint density at radius 3 is 2.83 bits per heavy atom. The molecule has 148 valence electrons. The second-order valence-corrected chi connectivity index (χ2v) is 6.97. The van der Waals surface area contributed by atoms with Crippen molar-refractivity contribution < 1.29 is 14.3 Å². The van der Waals surface area contributed by atoms with Crippen molar-refractivity contribution in [1.82, 2.24) is 25.1 Å². The van der Waals surface area contributed by atoms with Crippen molar-refractivity contribution >= 4 is 5.91 Å². The van der Waals surface area contributed by atoms with Gasteiger partial charge in [-0.3, -0.25) is 19.6 Å². The van der Waals surface area contributed by atoms with Crippen LogP contribution in [0, 0.1) is 11.7 Å². The van der Waals surface area contributed by atoms with Gasteiger partial charge >= 0.3 is 0 Å². The monoisotopic (exact) mass is 395 g/mol. The van der Waals surface area contributed by atoms with Gasteiger partial charge in [0.25, 0.3) is 11.5 Å². The molecule has 1 fully saturated rings. The molecule has 1 saturated heterocycles. The van der Waals surface area contributed by atoms with Gasteiger partial charge in [0.15, 0.2) is 0 Å². The maximum atomic E-state index is 14.1. The fourth-order valence-corrected chi connectivity index (χ4v) is 3.47. The minimum Gasteiger partial charge on any atom is -0.391 e. The van der Waals surface area contributed by atoms with Gasteiger partial charge in [-0.15, -0.1) is 0 Å². The van der Waals surface area contributed by atoms with Crippen molar-refractivity contribution in [1.29, 1.82) is 0 Å². The number of β-amino-alcohol motifs (C(OH)–C–C–N with tert-alkyl or cyclic N) is 1. The van der Waals surface area contributed by atoms with E-state index in [-0.39, 0.29) is 29.5 Å². The van der Waals surface area contributed by atoms with Crippen LogP contribution in [0.4, 0.5) is 4.39 Å². The van der Waals surface area contributed by atoms with E-state index in [2.05, 4.69) is 20.2 Å². The number of nitrogens with one attached hydrogen (secondary N) is 1. The largest absolute Gasteiger partial charge is 0.391 e. The fourth-order valence-electron chi connectivity index (χ4n) is 3.47. The zero-order valence-electron chi connectivity index (χ0n) is 15.3. The molecule has 3 heterocycles. The molecule has 4 rings (SSSR count). The molecular formula is C20H18FN5O3. The van der Waals surface area contributed by atoms with Crippen LogP contribution >= 0.6 is 0 Å². The minimum absolute atomic E-state index is 0.153. The number of nitrogens with zero attached hydrogens (tertiary/aromatic N) is 4. The Morgan fingerprint density at radius 1 is 1.24 bits per heavy atom. The van der Waals surface area contributed by atoms with Crippen molar-refractivity contribution in [2.24, 2.45) is 5.92 Å². The molecule has 0 bridgehead atoms. The number of likely N-dealkylation sites (tertiary alicyclic amines) is 1. The van der Waals surface area contributed by atoms with Crippen LogP contribution in [-0.2, 0) is 6.42 Å². The predicted molar refractivity (Wildman–Crippen MR) is 101 cm³/mol. The van der Waals surface area contributed by atoms with Crippen LogP contribution in [0.2, 0.25) is 0 Å². The molecule has 1 aliphatic rings. The molecule has 0 spiro atoms. The summed E-state index contributed by atoms with van der Waals surface area (Å²) in [5, 5.41) is 16.5. The number of benzene rings is 1. The number of aliphatic hydroxyl groups excluding tert-OH is 1. The quantitative estimate of drug-likeness (QED) is 0.683. The molecule has 0 saturated carbocycles. The van der Waals surface area contributed by atoms with E-state index in [4.69, 9.17) is 0 Å². The van der Waals surface area contributed by atoms with Crippen LogP contribution in [0.5, 0.6) is 0 Å². The highest BCUT2D eigenvalue weighted by molar-refractivity contribution is 5.95. The number of amides is 1. The number of aromatic amines is 1. The summed E-state index contributed by atoms with van der Waals surface area (Å²) >= 11 is 0. The van der Waals surface area contributed by atoms with Crippen molar-refractivity contribution in [3.63, 3.8) is 0 Å². The van der Waals surface area contributed by atoms with E-state index in [0.29, 0.717) is 24.2 Å². The third-order valence-corrected chi connectivity index (χ3v) is 4.90. The number of rotatable bonds is 4. The molecule has 0 aliphatic carbocycles. The molecule has 8 nitrogen and oxygen atoms in total. The first kappa shape index (κ1) is 18.9. The van der Waals surface area contributed by atoms with Crippen LogP contribution in [0.1, 0.15) is 16.1 Å². The Kier molecular flexibility index (Phi) is 5.13. The summed E-state index contributed by atoms with van der Waals surface area (Å²) in [5.74, 6) is -1.14. The zero-order chi connectivity index (χ0) is 20.4. The summed E-state index contributed by atoms with van der Waals surface area (Å²) in [4.78, 5) is 33.8. The molecule has 2 aromatic heterocycles. The van der Waals surface area contributed by atoms with E-state index >= 15 is 0 Å². The van der Waals surface area contributed by atoms with Gasteiger partial charge in [-0.05, 0) is 30.7 Å². The Morgan fingerprint density at radius 2 is 2.10 bits per heavy atom. The van der Waals surface area contributed by atoms with E-state index in [1.165, 1.54) is 29.2 Å². The van der Waals surface area contributed by atoms with E-state index in [1.807, 2.05) is 0 Å². The average molecular weight is 395 g/mol. The highest BCUT2D eigenvalue weighted by Crippen LogP contribution is 2.25. The normalized spacial score (nSPS) is 18.8. The molecule has 1 aliphatic heterocycles. The van der Waals surface area contributed by atoms with Crippen molar-refractivity contribution in [3.8, 4) is 11.3 Å². The van der Waals surface area contributed by atoms with Crippen LogP contribution in [0.3, 0.4) is 0 Å². The molecule has 2 atom stereocenters. The highest BCUT2D eigenvalue weighted by Gasteiger charge is 2.34. The first-order valence-corrected chi connectivity index (χ1v) is 9.08. The summed E-state index contributed by atoms with van der Waals surface area (Å²) < 4.78 is 14.1. The van der Waals surface area contributed by atoms with Gasteiger partial charge in [-0.2, -0.15) is 5.10 Å². The van der Waals surface area contributed by atoms with Gasteiger partial charge < -0.3 is 10.0 Å². The van der Waals surface area contributed by atoms with Crippen molar-refractivity contribution in [2.45, 2.75) is 12.5 Å². The molecule has 9 heteroatoms. The van der Waals surface area contributed by atoms with Gasteiger partial charge in [0.1, 0.15) is 5.82 Å². The lowest BCUT2D eigenvalue weighted by molar-refractivity contribution is 0.0764. The van der Waals surface area contributed by atoms with Gasteiger partial charge in [0.2, 0.25) is 0 Å². The Labute approximate surface area is 165 Å². The third-order valence-electron chi connectivity index (χ3n) is 4.90. The first-order chi connectivity index (χ1) is 14.0. The standard InChI is InChI=1S/C20H18FN5O3/c21-15-6-12(17-1-2-19(28)25-24-17)5-13(7-15)20(29)26-10-14(18(27)11-26)8-16-9-22-3-4-23-16/h1-7,9,14,18,27H,8,10-11H2,(H,25,28)/t14-,18-/m1/s1. The number of H-pyrrole nitrogens is 1. The topological polar surface area (TPSA) is 112 Å². The Bertz CT molecular complexity index is 1070. The summed E-state index contributed by atoms with van der Waals surface area (Å²) in [5.41, 5.74) is 1.24. The molecule has 0 unspecified atom stereocenters. The summed E-state index contributed by atoms with van der Waals surface area (Å²) in [6.45, 7) is 0.492. The Balaban J connectivity index is 1.53. The molecule has 1 amide bonds. The van der Waals surface area contributed by atoms with E-state index < -0.39 is 11.9 Å². The maximum Gasteiger partial charge on any atom is 0.264 e. The highest BCUT2D eigenvalue weighted by atomic mass is 19.1. The Hall–Kier alpha value is -3.46. The van der Waals surface area contributed by atoms with Gasteiger partial charge in [0.05, 0.1) is 17.5 Å². The molecule has 1 aromatic carbocycles. The molecule has 29 heavy (non-hydrogen) atoms. The number of aliphatic hydroxyl groups is 1. The van der Waals surface area contributed by atoms with Crippen LogP contribution in [-0.4, -0.2) is 55.3 Å². The van der Waals surface area contributed by atoms with Crippen molar-refractivity contribution in [3.05, 3.63) is 76.4 Å².